The van der Waals surface area contributed by atoms with Gasteiger partial charge in [-0.15, -0.1) is 0 Å². The molecule has 0 aliphatic heterocycles. The van der Waals surface area contributed by atoms with Crippen molar-refractivity contribution in [1.29, 1.82) is 0 Å². The van der Waals surface area contributed by atoms with Gasteiger partial charge in [-0.25, -0.2) is 9.59 Å². The second kappa shape index (κ2) is 5.68. The van der Waals surface area contributed by atoms with Crippen LogP contribution in [0.3, 0.4) is 0 Å². The van der Waals surface area contributed by atoms with E-state index in [1.807, 2.05) is 0 Å². The fourth-order valence-corrected chi connectivity index (χ4v) is 2.31. The molecule has 0 amide bonds. The molecule has 1 aliphatic carbocycles. The summed E-state index contributed by atoms with van der Waals surface area (Å²) in [6.07, 6.45) is 4.61. The van der Waals surface area contributed by atoms with E-state index in [1.54, 1.807) is 0 Å². The maximum absolute atomic E-state index is 11.3. The van der Waals surface area contributed by atoms with Gasteiger partial charge in [0, 0.05) is 12.2 Å². The summed E-state index contributed by atoms with van der Waals surface area (Å²) in [4.78, 5) is 21.5. The molecule has 1 saturated carbocycles. The van der Waals surface area contributed by atoms with Crippen LogP contribution in [0.2, 0.25) is 0 Å². The Bertz CT molecular complexity index is 285. The molecule has 0 saturated heterocycles. The predicted molar refractivity (Wildman–Crippen MR) is 58.8 cm³/mol. The molecule has 0 spiro atoms. The van der Waals surface area contributed by atoms with E-state index >= 15 is 0 Å². The van der Waals surface area contributed by atoms with Gasteiger partial charge in [0.25, 0.3) is 0 Å². The lowest BCUT2D eigenvalue weighted by Crippen LogP contribution is -2.27. The highest BCUT2D eigenvalue weighted by atomic mass is 16.5. The molecule has 4 heteroatoms. The van der Waals surface area contributed by atoms with Crippen LogP contribution in [0.4, 0.5) is 0 Å². The maximum Gasteiger partial charge on any atom is 0.331 e. The number of carboxylic acid groups (broad SMARTS) is 1. The smallest absolute Gasteiger partial charge is 0.331 e. The van der Waals surface area contributed by atoms with Crippen LogP contribution in [0, 0.1) is 11.8 Å². The van der Waals surface area contributed by atoms with Crippen LogP contribution in [0.5, 0.6) is 0 Å². The van der Waals surface area contributed by atoms with Crippen LogP contribution in [0.15, 0.2) is 12.2 Å². The minimum Gasteiger partial charge on any atom is -0.478 e. The Morgan fingerprint density at radius 3 is 2.19 bits per heavy atom. The molecule has 4 nitrogen and oxygen atoms in total. The van der Waals surface area contributed by atoms with Crippen molar-refractivity contribution in [1.82, 2.24) is 0 Å². The van der Waals surface area contributed by atoms with E-state index in [2.05, 4.69) is 13.8 Å². The first-order valence-corrected chi connectivity index (χ1v) is 5.59. The monoisotopic (exact) mass is 226 g/mol. The number of carbonyl (C=O) groups is 2. The first-order chi connectivity index (χ1) is 7.47. The molecule has 90 valence electrons. The second-order valence-corrected chi connectivity index (χ2v) is 4.65. The van der Waals surface area contributed by atoms with Gasteiger partial charge in [0.05, 0.1) is 0 Å². The van der Waals surface area contributed by atoms with Crippen LogP contribution < -0.4 is 0 Å². The summed E-state index contributed by atoms with van der Waals surface area (Å²) in [6.45, 7) is 4.28. The molecule has 0 aromatic carbocycles. The standard InChI is InChI=1S/C12H18O4/c1-8-5-9(2)7-10(6-8)16-12(15)4-3-11(13)14/h3-4,8-10H,5-7H2,1-2H3,(H,13,14)/b4-3-. The number of carbonyl (C=O) groups excluding carboxylic acids is 1. The highest BCUT2D eigenvalue weighted by Crippen LogP contribution is 2.30. The van der Waals surface area contributed by atoms with E-state index < -0.39 is 11.9 Å². The molecular formula is C12H18O4. The molecule has 0 heterocycles. The largest absolute Gasteiger partial charge is 0.478 e. The predicted octanol–water partition coefficient (Wildman–Crippen LogP) is 2.00. The number of aliphatic carboxylic acids is 1. The minimum atomic E-state index is -1.14. The zero-order chi connectivity index (χ0) is 12.1. The van der Waals surface area contributed by atoms with Crippen LogP contribution in [0.1, 0.15) is 33.1 Å². The highest BCUT2D eigenvalue weighted by molar-refractivity contribution is 5.90. The lowest BCUT2D eigenvalue weighted by atomic mass is 9.82. The first kappa shape index (κ1) is 12.7. The van der Waals surface area contributed by atoms with Gasteiger partial charge >= 0.3 is 11.9 Å². The fourth-order valence-electron chi connectivity index (χ4n) is 2.31. The average Bonchev–Trinajstić information content (AvgIpc) is 2.12. The molecule has 0 aromatic rings. The van der Waals surface area contributed by atoms with Gasteiger partial charge in [0.15, 0.2) is 0 Å². The third-order valence-corrected chi connectivity index (χ3v) is 2.78. The number of carboxylic acids is 1. The molecule has 2 unspecified atom stereocenters. The number of esters is 1. The van der Waals surface area contributed by atoms with Gasteiger partial charge in [-0.3, -0.25) is 0 Å². The average molecular weight is 226 g/mol. The van der Waals surface area contributed by atoms with E-state index in [9.17, 15) is 9.59 Å². The van der Waals surface area contributed by atoms with Crippen LogP contribution in [0.25, 0.3) is 0 Å². The molecule has 2 atom stereocenters. The summed E-state index contributed by atoms with van der Waals surface area (Å²) in [7, 11) is 0. The van der Waals surface area contributed by atoms with E-state index in [0.717, 1.165) is 25.0 Å². The third-order valence-electron chi connectivity index (χ3n) is 2.78. The van der Waals surface area contributed by atoms with E-state index in [1.165, 1.54) is 6.42 Å². The van der Waals surface area contributed by atoms with Crippen molar-refractivity contribution in [2.75, 3.05) is 0 Å². The number of ether oxygens (including phenoxy) is 1. The molecule has 16 heavy (non-hydrogen) atoms. The van der Waals surface area contributed by atoms with E-state index in [-0.39, 0.29) is 6.10 Å². The quantitative estimate of drug-likeness (QED) is 0.590. The van der Waals surface area contributed by atoms with Crippen LogP contribution in [-0.2, 0) is 14.3 Å². The van der Waals surface area contributed by atoms with Crippen LogP contribution in [-0.4, -0.2) is 23.1 Å². The normalized spacial score (nSPS) is 30.2. The zero-order valence-electron chi connectivity index (χ0n) is 9.68. The van der Waals surface area contributed by atoms with Crippen molar-refractivity contribution >= 4 is 11.9 Å². The van der Waals surface area contributed by atoms with Crippen molar-refractivity contribution in [3.63, 3.8) is 0 Å². The number of rotatable bonds is 3. The van der Waals surface area contributed by atoms with Gasteiger partial charge in [0.2, 0.25) is 0 Å². The molecule has 1 aliphatic rings. The van der Waals surface area contributed by atoms with Crippen molar-refractivity contribution in [3.8, 4) is 0 Å². The molecule has 1 rings (SSSR count). The summed E-state index contributed by atoms with van der Waals surface area (Å²) in [5.41, 5.74) is 0. The second-order valence-electron chi connectivity index (χ2n) is 4.65. The Morgan fingerprint density at radius 1 is 1.12 bits per heavy atom. The van der Waals surface area contributed by atoms with Gasteiger partial charge in [-0.2, -0.15) is 0 Å². The summed E-state index contributed by atoms with van der Waals surface area (Å²) >= 11 is 0. The van der Waals surface area contributed by atoms with Gasteiger partial charge in [0.1, 0.15) is 6.10 Å². The molecular weight excluding hydrogens is 208 g/mol. The number of hydrogen-bond acceptors (Lipinski definition) is 3. The Hall–Kier alpha value is -1.32. The zero-order valence-corrected chi connectivity index (χ0v) is 9.68. The topological polar surface area (TPSA) is 63.6 Å². The third kappa shape index (κ3) is 4.47. The summed E-state index contributed by atoms with van der Waals surface area (Å²) in [5, 5.41) is 8.36. The highest BCUT2D eigenvalue weighted by Gasteiger charge is 2.25. The summed E-state index contributed by atoms with van der Waals surface area (Å²) in [5.74, 6) is -0.578. The van der Waals surface area contributed by atoms with Gasteiger partial charge in [-0.05, 0) is 31.1 Å². The maximum atomic E-state index is 11.3. The summed E-state index contributed by atoms with van der Waals surface area (Å²) in [6, 6.07) is 0. The van der Waals surface area contributed by atoms with Gasteiger partial charge < -0.3 is 9.84 Å². The lowest BCUT2D eigenvalue weighted by molar-refractivity contribution is -0.146. The van der Waals surface area contributed by atoms with Crippen molar-refractivity contribution in [2.24, 2.45) is 11.8 Å². The van der Waals surface area contributed by atoms with Crippen molar-refractivity contribution < 1.29 is 19.4 Å². The Labute approximate surface area is 95.3 Å². The minimum absolute atomic E-state index is 0.0651. The molecule has 0 radical (unpaired) electrons. The SMILES string of the molecule is CC1CC(C)CC(OC(=O)/C=C\C(=O)O)C1. The fraction of sp³-hybridized carbons (Fsp3) is 0.667. The molecule has 0 bridgehead atoms. The molecule has 1 fully saturated rings. The Morgan fingerprint density at radius 2 is 1.69 bits per heavy atom. The Kier molecular flexibility index (Phi) is 4.52. The van der Waals surface area contributed by atoms with Crippen molar-refractivity contribution in [3.05, 3.63) is 12.2 Å². The molecule has 0 aromatic heterocycles. The Balaban J connectivity index is 2.41. The first-order valence-electron chi connectivity index (χ1n) is 5.59. The molecule has 1 N–H and O–H groups in total. The van der Waals surface area contributed by atoms with E-state index in [4.69, 9.17) is 9.84 Å². The lowest BCUT2D eigenvalue weighted by Gasteiger charge is -2.30. The van der Waals surface area contributed by atoms with Crippen LogP contribution >= 0.6 is 0 Å². The number of hydrogen-bond donors (Lipinski definition) is 1. The van der Waals surface area contributed by atoms with Gasteiger partial charge in [-0.1, -0.05) is 13.8 Å². The summed E-state index contributed by atoms with van der Waals surface area (Å²) < 4.78 is 5.19. The van der Waals surface area contributed by atoms with Crippen molar-refractivity contribution in [2.45, 2.75) is 39.2 Å². The van der Waals surface area contributed by atoms with E-state index in [0.29, 0.717) is 11.8 Å².